The van der Waals surface area contributed by atoms with Gasteiger partial charge in [0.2, 0.25) is 5.96 Å². The van der Waals surface area contributed by atoms with Crippen molar-refractivity contribution in [1.82, 2.24) is 21.0 Å². The van der Waals surface area contributed by atoms with Gasteiger partial charge in [0.1, 0.15) is 5.60 Å². The number of alkyl halides is 8. The number of anilines is 1. The Morgan fingerprint density at radius 1 is 1.02 bits per heavy atom. The lowest BCUT2D eigenvalue weighted by molar-refractivity contribution is -0.286. The smallest absolute Gasteiger partial charge is 0.443 e. The van der Waals surface area contributed by atoms with Crippen molar-refractivity contribution in [1.29, 1.82) is 0 Å². The molecule has 5 rings (SSSR count). The number of ether oxygens (including phenoxy) is 3. The number of halogens is 8. The molecule has 2 N–H and O–H groups in total. The van der Waals surface area contributed by atoms with Crippen molar-refractivity contribution in [3.05, 3.63) is 52.6 Å². The van der Waals surface area contributed by atoms with Gasteiger partial charge in [0, 0.05) is 31.8 Å². The minimum absolute atomic E-state index is 0.00636. The molecule has 1 amide bonds. The number of hydrogen-bond acceptors (Lipinski definition) is 9. The molecule has 0 aliphatic carbocycles. The summed E-state index contributed by atoms with van der Waals surface area (Å²) in [4.78, 5) is 15.9. The Morgan fingerprint density at radius 2 is 1.62 bits per heavy atom. The average Bonchev–Trinajstić information content (AvgIpc) is 3.39. The van der Waals surface area contributed by atoms with Gasteiger partial charge in [0.25, 0.3) is 0 Å². The second kappa shape index (κ2) is 11.0. The van der Waals surface area contributed by atoms with Crippen molar-refractivity contribution >= 4 is 17.7 Å². The van der Waals surface area contributed by atoms with Crippen LogP contribution in [-0.2, 0) is 23.6 Å². The Bertz CT molecular complexity index is 1480. The van der Waals surface area contributed by atoms with E-state index in [2.05, 4.69) is 25.5 Å². The van der Waals surface area contributed by atoms with Gasteiger partial charge >= 0.3 is 24.7 Å². The Kier molecular flexibility index (Phi) is 7.86. The van der Waals surface area contributed by atoms with Crippen LogP contribution < -0.4 is 25.3 Å². The number of hydrazone groups is 1. The van der Waals surface area contributed by atoms with Crippen LogP contribution >= 0.6 is 0 Å². The van der Waals surface area contributed by atoms with E-state index in [0.717, 1.165) is 6.07 Å². The zero-order chi connectivity index (χ0) is 33.1. The monoisotopic (exact) mass is 652 g/mol. The van der Waals surface area contributed by atoms with Gasteiger partial charge in [-0.25, -0.2) is 10.3 Å². The van der Waals surface area contributed by atoms with Crippen LogP contribution in [0, 0.1) is 0 Å². The third-order valence-corrected chi connectivity index (χ3v) is 6.90. The summed E-state index contributed by atoms with van der Waals surface area (Å²) in [6, 6.07) is 2.63. The minimum Gasteiger partial charge on any atom is -0.443 e. The van der Waals surface area contributed by atoms with Gasteiger partial charge < -0.3 is 19.1 Å². The molecule has 3 heterocycles. The number of fused-ring (bicyclic) bond motifs is 2. The molecule has 0 spiro atoms. The molecule has 1 atom stereocenters. The maximum absolute atomic E-state index is 14.1. The number of nitrogens with zero attached hydrogens (tertiary/aromatic N) is 4. The van der Waals surface area contributed by atoms with Crippen LogP contribution in [0.4, 0.5) is 45.6 Å². The molecule has 0 saturated carbocycles. The molecule has 10 nitrogen and oxygen atoms in total. The molecule has 3 aliphatic rings. The lowest BCUT2D eigenvalue weighted by Crippen LogP contribution is -2.46. The first-order valence-electron chi connectivity index (χ1n) is 13.5. The normalized spacial score (nSPS) is 19.7. The second-order valence-corrected chi connectivity index (χ2v) is 11.6. The molecular weight excluding hydrogens is 624 g/mol. The average molecular weight is 653 g/mol. The van der Waals surface area contributed by atoms with E-state index in [1.807, 2.05) is 0 Å². The largest absolute Gasteiger partial charge is 0.586 e. The molecule has 0 saturated heterocycles. The van der Waals surface area contributed by atoms with Gasteiger partial charge in [-0.3, -0.25) is 10.3 Å². The molecule has 2 aromatic carbocycles. The third-order valence-electron chi connectivity index (χ3n) is 6.90. The van der Waals surface area contributed by atoms with E-state index in [0.29, 0.717) is 12.1 Å². The summed E-state index contributed by atoms with van der Waals surface area (Å²) >= 11 is 0. The molecule has 0 unspecified atom stereocenters. The van der Waals surface area contributed by atoms with Crippen LogP contribution in [0.25, 0.3) is 0 Å². The summed E-state index contributed by atoms with van der Waals surface area (Å²) in [6.07, 6.45) is -14.6. The lowest BCUT2D eigenvalue weighted by Gasteiger charge is -2.34. The second-order valence-electron chi connectivity index (χ2n) is 11.6. The highest BCUT2D eigenvalue weighted by molar-refractivity contribution is 5.90. The Morgan fingerprint density at radius 3 is 2.16 bits per heavy atom. The summed E-state index contributed by atoms with van der Waals surface area (Å²) in [5.41, 5.74) is 1.32. The SMILES string of the molecule is CN1NN=C(N(Cc2cc(C(F)(F)F)cc(C(F)(F)F)c2)[C@H]2CCCN(C(=O)OC(C)(C)C)c3cc4c(cc32)OC(F)(F)O4)N1. The van der Waals surface area contributed by atoms with Crippen molar-refractivity contribution in [3.63, 3.8) is 0 Å². The lowest BCUT2D eigenvalue weighted by atomic mass is 9.97. The molecule has 45 heavy (non-hydrogen) atoms. The van der Waals surface area contributed by atoms with Crippen LogP contribution in [0.1, 0.15) is 61.9 Å². The fourth-order valence-electron chi connectivity index (χ4n) is 5.14. The van der Waals surface area contributed by atoms with Crippen molar-refractivity contribution in [2.45, 2.75) is 70.4 Å². The number of rotatable bonds is 3. The molecule has 0 aromatic heterocycles. The van der Waals surface area contributed by atoms with Gasteiger partial charge in [-0.05, 0) is 63.4 Å². The predicted molar refractivity (Wildman–Crippen MR) is 142 cm³/mol. The maximum atomic E-state index is 14.1. The van der Waals surface area contributed by atoms with E-state index >= 15 is 0 Å². The summed E-state index contributed by atoms with van der Waals surface area (Å²) in [5.74, 6) is -0.775. The number of benzene rings is 2. The molecule has 0 radical (unpaired) electrons. The van der Waals surface area contributed by atoms with Gasteiger partial charge in [-0.15, -0.1) is 19.0 Å². The number of hydrazine groups is 2. The Labute approximate surface area is 251 Å². The molecule has 18 heteroatoms. The summed E-state index contributed by atoms with van der Waals surface area (Å²) in [5, 5.41) is 5.39. The third kappa shape index (κ3) is 7.04. The van der Waals surface area contributed by atoms with E-state index in [1.54, 1.807) is 20.8 Å². The van der Waals surface area contributed by atoms with Crippen molar-refractivity contribution < 1.29 is 54.1 Å². The molecule has 0 bridgehead atoms. The maximum Gasteiger partial charge on any atom is 0.586 e. The minimum atomic E-state index is -5.09. The van der Waals surface area contributed by atoms with E-state index in [-0.39, 0.29) is 59.7 Å². The number of nitrogens with one attached hydrogen (secondary N) is 2. The molecule has 3 aliphatic heterocycles. The van der Waals surface area contributed by atoms with Crippen LogP contribution in [-0.4, -0.2) is 47.6 Å². The zero-order valence-corrected chi connectivity index (χ0v) is 24.2. The van der Waals surface area contributed by atoms with E-state index < -0.39 is 54.1 Å². The predicted octanol–water partition coefficient (Wildman–Crippen LogP) is 6.35. The van der Waals surface area contributed by atoms with Crippen LogP contribution in [0.2, 0.25) is 0 Å². The van der Waals surface area contributed by atoms with Gasteiger partial charge in [-0.1, -0.05) is 0 Å². The number of carbonyl (C=O) groups excluding carboxylic acids is 1. The van der Waals surface area contributed by atoms with Gasteiger partial charge in [0.15, 0.2) is 11.5 Å². The topological polar surface area (TPSA) is 90.9 Å². The number of carbonyl (C=O) groups is 1. The Balaban J connectivity index is 1.64. The van der Waals surface area contributed by atoms with Crippen molar-refractivity contribution in [3.8, 4) is 11.5 Å². The first-order chi connectivity index (χ1) is 20.7. The first-order valence-corrected chi connectivity index (χ1v) is 13.5. The molecule has 246 valence electrons. The molecular formula is C27H28F8N6O4. The summed E-state index contributed by atoms with van der Waals surface area (Å²) in [7, 11) is 1.51. The summed E-state index contributed by atoms with van der Waals surface area (Å²) < 4.78 is 125. The van der Waals surface area contributed by atoms with Crippen molar-refractivity contribution in [2.24, 2.45) is 5.10 Å². The number of amides is 1. The Hall–Kier alpha value is -4.22. The fourth-order valence-corrected chi connectivity index (χ4v) is 5.14. The highest BCUT2D eigenvalue weighted by Gasteiger charge is 2.46. The highest BCUT2D eigenvalue weighted by atomic mass is 19.4. The number of hydrogen-bond donors (Lipinski definition) is 2. The van der Waals surface area contributed by atoms with E-state index in [4.69, 9.17) is 4.74 Å². The van der Waals surface area contributed by atoms with Crippen molar-refractivity contribution in [2.75, 3.05) is 18.5 Å². The highest BCUT2D eigenvalue weighted by Crippen LogP contribution is 2.49. The van der Waals surface area contributed by atoms with Crippen LogP contribution in [0.15, 0.2) is 35.4 Å². The first kappa shape index (κ1) is 32.2. The van der Waals surface area contributed by atoms with Crippen LogP contribution in [0.5, 0.6) is 11.5 Å². The zero-order valence-electron chi connectivity index (χ0n) is 24.2. The van der Waals surface area contributed by atoms with E-state index in [9.17, 15) is 39.9 Å². The van der Waals surface area contributed by atoms with Gasteiger partial charge in [-0.2, -0.15) is 26.3 Å². The molecule has 2 aromatic rings. The quantitative estimate of drug-likeness (QED) is 0.371. The standard InChI is InChI=1S/C27H28F8N6O4/c1-24(2,3)45-23(42)40-7-5-6-18(17-11-20-21(12-19(17)40)44-27(34,35)43-20)41(22-36-38-39(4)37-22)13-14-8-15(25(28,29)30)10-16(9-14)26(31,32)33/h8-12,18,38H,5-7,13H2,1-4H3,(H,36,37)/t18-/m0/s1. The number of guanidine groups is 1. The van der Waals surface area contributed by atoms with E-state index in [1.165, 1.54) is 28.0 Å². The fraction of sp³-hybridized carbons (Fsp3) is 0.481. The molecule has 0 fully saturated rings. The van der Waals surface area contributed by atoms with Crippen LogP contribution in [0.3, 0.4) is 0 Å². The van der Waals surface area contributed by atoms with Gasteiger partial charge in [0.05, 0.1) is 22.9 Å². The summed E-state index contributed by atoms with van der Waals surface area (Å²) in [6.45, 7) is 4.38.